The highest BCUT2D eigenvalue weighted by Crippen LogP contribution is 2.48. The van der Waals surface area contributed by atoms with Gasteiger partial charge < -0.3 is 18.9 Å². The van der Waals surface area contributed by atoms with E-state index in [0.29, 0.717) is 23.0 Å². The molecule has 16 heavy (non-hydrogen) atoms. The third-order valence-corrected chi connectivity index (χ3v) is 2.33. The average molecular weight is 221 g/mol. The van der Waals surface area contributed by atoms with Crippen LogP contribution in [-0.2, 0) is 6.42 Å². The first-order chi connectivity index (χ1) is 7.81. The normalized spacial score (nSPS) is 12.1. The number of hydrogen-bond donors (Lipinski definition) is 0. The molecular weight excluding hydrogens is 210 g/mol. The standard InChI is InChI=1S/C11H11NO4/c1-13-9-7(3-4-12)5-8-10(11(9)14-2)16-6-15-8/h5H,3,6H2,1-2H3. The summed E-state index contributed by atoms with van der Waals surface area (Å²) in [5, 5.41) is 8.73. The Morgan fingerprint density at radius 3 is 2.69 bits per heavy atom. The maximum absolute atomic E-state index is 8.73. The first-order valence-electron chi connectivity index (χ1n) is 4.72. The molecule has 0 radical (unpaired) electrons. The van der Waals surface area contributed by atoms with Crippen LogP contribution in [0.5, 0.6) is 23.0 Å². The van der Waals surface area contributed by atoms with Gasteiger partial charge in [-0.15, -0.1) is 0 Å². The molecule has 0 aromatic heterocycles. The van der Waals surface area contributed by atoms with Gasteiger partial charge in [-0.1, -0.05) is 0 Å². The number of methoxy groups -OCH3 is 2. The summed E-state index contributed by atoms with van der Waals surface area (Å²) in [6, 6.07) is 3.81. The summed E-state index contributed by atoms with van der Waals surface area (Å²) in [5.74, 6) is 2.11. The van der Waals surface area contributed by atoms with Crippen LogP contribution < -0.4 is 18.9 Å². The first-order valence-corrected chi connectivity index (χ1v) is 4.72. The summed E-state index contributed by atoms with van der Waals surface area (Å²) in [6.07, 6.45) is 0.232. The maximum atomic E-state index is 8.73. The molecule has 5 heteroatoms. The molecule has 0 saturated carbocycles. The Balaban J connectivity index is 2.59. The molecule has 2 rings (SSSR count). The van der Waals surface area contributed by atoms with Gasteiger partial charge in [-0.2, -0.15) is 5.26 Å². The molecule has 0 fully saturated rings. The Hall–Kier alpha value is -2.09. The van der Waals surface area contributed by atoms with E-state index in [1.807, 2.05) is 0 Å². The minimum Gasteiger partial charge on any atom is -0.492 e. The lowest BCUT2D eigenvalue weighted by atomic mass is 10.1. The Morgan fingerprint density at radius 1 is 1.31 bits per heavy atom. The van der Waals surface area contributed by atoms with E-state index in [2.05, 4.69) is 6.07 Å². The van der Waals surface area contributed by atoms with Crippen molar-refractivity contribution in [1.82, 2.24) is 0 Å². The summed E-state index contributed by atoms with van der Waals surface area (Å²) in [6.45, 7) is 0.158. The second-order valence-electron chi connectivity index (χ2n) is 3.17. The molecule has 5 nitrogen and oxygen atoms in total. The molecule has 0 spiro atoms. The van der Waals surface area contributed by atoms with E-state index in [9.17, 15) is 0 Å². The van der Waals surface area contributed by atoms with Crippen molar-refractivity contribution in [2.75, 3.05) is 21.0 Å². The fourth-order valence-electron chi connectivity index (χ4n) is 1.67. The SMILES string of the molecule is COc1c(CC#N)cc2c(c1OC)OCO2. The Bertz CT molecular complexity index is 450. The van der Waals surface area contributed by atoms with Crippen LogP contribution in [0, 0.1) is 11.3 Å². The van der Waals surface area contributed by atoms with Crippen molar-refractivity contribution < 1.29 is 18.9 Å². The number of nitrogens with zero attached hydrogens (tertiary/aromatic N) is 1. The van der Waals surface area contributed by atoms with Crippen LogP contribution in [0.3, 0.4) is 0 Å². The van der Waals surface area contributed by atoms with Gasteiger partial charge in [0, 0.05) is 5.56 Å². The fourth-order valence-corrected chi connectivity index (χ4v) is 1.67. The molecule has 1 aromatic rings. The van der Waals surface area contributed by atoms with E-state index in [1.165, 1.54) is 14.2 Å². The molecule has 1 aromatic carbocycles. The summed E-state index contributed by atoms with van der Waals surface area (Å²) >= 11 is 0. The largest absolute Gasteiger partial charge is 0.492 e. The van der Waals surface area contributed by atoms with E-state index in [4.69, 9.17) is 24.2 Å². The van der Waals surface area contributed by atoms with Crippen molar-refractivity contribution in [3.8, 4) is 29.1 Å². The van der Waals surface area contributed by atoms with Gasteiger partial charge in [0.25, 0.3) is 0 Å². The molecule has 0 saturated heterocycles. The zero-order valence-electron chi connectivity index (χ0n) is 9.07. The molecule has 0 amide bonds. The zero-order valence-corrected chi connectivity index (χ0v) is 9.07. The third-order valence-electron chi connectivity index (χ3n) is 2.33. The second-order valence-corrected chi connectivity index (χ2v) is 3.17. The summed E-state index contributed by atoms with van der Waals surface area (Å²) in [7, 11) is 3.05. The lowest BCUT2D eigenvalue weighted by molar-refractivity contribution is 0.170. The predicted molar refractivity (Wildman–Crippen MR) is 55.0 cm³/mol. The van der Waals surface area contributed by atoms with Gasteiger partial charge in [-0.25, -0.2) is 0 Å². The molecule has 0 bridgehead atoms. The van der Waals surface area contributed by atoms with Gasteiger partial charge >= 0.3 is 0 Å². The van der Waals surface area contributed by atoms with E-state index in [0.717, 1.165) is 5.56 Å². The number of hydrogen-bond acceptors (Lipinski definition) is 5. The summed E-state index contributed by atoms with van der Waals surface area (Å²) in [4.78, 5) is 0. The van der Waals surface area contributed by atoms with Crippen molar-refractivity contribution in [2.45, 2.75) is 6.42 Å². The minimum atomic E-state index is 0.158. The molecule has 1 heterocycles. The van der Waals surface area contributed by atoms with Gasteiger partial charge in [0.2, 0.25) is 18.3 Å². The first kappa shape index (κ1) is 10.4. The van der Waals surface area contributed by atoms with Crippen LogP contribution in [-0.4, -0.2) is 21.0 Å². The molecule has 1 aliphatic heterocycles. The van der Waals surface area contributed by atoms with Crippen LogP contribution >= 0.6 is 0 Å². The van der Waals surface area contributed by atoms with Crippen molar-refractivity contribution in [3.05, 3.63) is 11.6 Å². The lowest BCUT2D eigenvalue weighted by Gasteiger charge is -2.13. The van der Waals surface area contributed by atoms with Crippen molar-refractivity contribution in [1.29, 1.82) is 5.26 Å². The quantitative estimate of drug-likeness (QED) is 0.774. The highest BCUT2D eigenvalue weighted by molar-refractivity contribution is 5.64. The van der Waals surface area contributed by atoms with Gasteiger partial charge in [0.15, 0.2) is 11.5 Å². The number of fused-ring (bicyclic) bond motifs is 1. The molecule has 0 aliphatic carbocycles. The van der Waals surface area contributed by atoms with Crippen LogP contribution in [0.1, 0.15) is 5.56 Å². The topological polar surface area (TPSA) is 60.7 Å². The number of nitriles is 1. The molecule has 1 aliphatic rings. The fraction of sp³-hybridized carbons (Fsp3) is 0.364. The van der Waals surface area contributed by atoms with Crippen LogP contribution in [0.25, 0.3) is 0 Å². The predicted octanol–water partition coefficient (Wildman–Crippen LogP) is 1.50. The monoisotopic (exact) mass is 221 g/mol. The van der Waals surface area contributed by atoms with Gasteiger partial charge in [0.1, 0.15) is 0 Å². The summed E-state index contributed by atoms with van der Waals surface area (Å²) in [5.41, 5.74) is 0.728. The second kappa shape index (κ2) is 4.19. The van der Waals surface area contributed by atoms with Crippen molar-refractivity contribution >= 4 is 0 Å². The zero-order chi connectivity index (χ0) is 11.5. The third kappa shape index (κ3) is 1.48. The Morgan fingerprint density at radius 2 is 2.06 bits per heavy atom. The lowest BCUT2D eigenvalue weighted by Crippen LogP contribution is -1.97. The van der Waals surface area contributed by atoms with Crippen LogP contribution in [0.15, 0.2) is 6.07 Å². The van der Waals surface area contributed by atoms with Crippen molar-refractivity contribution in [2.24, 2.45) is 0 Å². The molecule has 84 valence electrons. The smallest absolute Gasteiger partial charge is 0.231 e. The average Bonchev–Trinajstić information content (AvgIpc) is 2.75. The minimum absolute atomic E-state index is 0.158. The van der Waals surface area contributed by atoms with Gasteiger partial charge in [-0.3, -0.25) is 0 Å². The van der Waals surface area contributed by atoms with E-state index < -0.39 is 0 Å². The Labute approximate surface area is 93.1 Å². The maximum Gasteiger partial charge on any atom is 0.231 e. The molecule has 0 atom stereocenters. The summed E-state index contributed by atoms with van der Waals surface area (Å²) < 4.78 is 21.0. The van der Waals surface area contributed by atoms with E-state index >= 15 is 0 Å². The highest BCUT2D eigenvalue weighted by Gasteiger charge is 2.25. The van der Waals surface area contributed by atoms with Crippen LogP contribution in [0.4, 0.5) is 0 Å². The number of benzene rings is 1. The molecule has 0 unspecified atom stereocenters. The van der Waals surface area contributed by atoms with Gasteiger partial charge in [0.05, 0.1) is 26.7 Å². The molecule has 0 N–H and O–H groups in total. The molecular formula is C11H11NO4. The van der Waals surface area contributed by atoms with E-state index in [1.54, 1.807) is 6.07 Å². The number of rotatable bonds is 3. The highest BCUT2D eigenvalue weighted by atomic mass is 16.7. The van der Waals surface area contributed by atoms with Gasteiger partial charge in [-0.05, 0) is 6.07 Å². The van der Waals surface area contributed by atoms with E-state index in [-0.39, 0.29) is 13.2 Å². The van der Waals surface area contributed by atoms with Crippen molar-refractivity contribution in [3.63, 3.8) is 0 Å². The Kier molecular flexibility index (Phi) is 2.73. The van der Waals surface area contributed by atoms with Crippen LogP contribution in [0.2, 0.25) is 0 Å². The number of ether oxygens (including phenoxy) is 4.